The smallest absolute Gasteiger partial charge is 0.239 e. The minimum Gasteiger partial charge on any atom is -0.396 e. The summed E-state index contributed by atoms with van der Waals surface area (Å²) in [5, 5.41) is 11.9. The van der Waals surface area contributed by atoms with Crippen LogP contribution in [0.15, 0.2) is 30.3 Å². The summed E-state index contributed by atoms with van der Waals surface area (Å²) in [4.78, 5) is 14.0. The van der Waals surface area contributed by atoms with Crippen LogP contribution in [0.25, 0.3) is 0 Å². The molecule has 1 rings (SSSR count). The van der Waals surface area contributed by atoms with E-state index < -0.39 is 0 Å². The van der Waals surface area contributed by atoms with Gasteiger partial charge < -0.3 is 15.3 Å². The van der Waals surface area contributed by atoms with Gasteiger partial charge in [-0.3, -0.25) is 4.79 Å². The Kier molecular flexibility index (Phi) is 6.97. The van der Waals surface area contributed by atoms with E-state index >= 15 is 0 Å². The molecule has 1 amide bonds. The van der Waals surface area contributed by atoms with Gasteiger partial charge in [0.1, 0.15) is 0 Å². The fourth-order valence-corrected chi connectivity index (χ4v) is 2.01. The monoisotopic (exact) mass is 264 g/mol. The van der Waals surface area contributed by atoms with Gasteiger partial charge in [-0.1, -0.05) is 25.1 Å². The number of anilines is 1. The number of aliphatic hydroxyl groups excluding tert-OH is 1. The van der Waals surface area contributed by atoms with Gasteiger partial charge in [0.2, 0.25) is 5.91 Å². The number of benzene rings is 1. The van der Waals surface area contributed by atoms with Crippen LogP contribution in [-0.2, 0) is 4.79 Å². The number of para-hydroxylation sites is 1. The van der Waals surface area contributed by atoms with Gasteiger partial charge in [0.05, 0.1) is 6.54 Å². The molecule has 0 spiro atoms. The summed E-state index contributed by atoms with van der Waals surface area (Å²) in [7, 11) is 0. The third kappa shape index (κ3) is 5.30. The summed E-state index contributed by atoms with van der Waals surface area (Å²) in [6, 6.07) is 9.97. The predicted octanol–water partition coefficient (Wildman–Crippen LogP) is 1.79. The van der Waals surface area contributed by atoms with E-state index in [0.717, 1.165) is 18.7 Å². The van der Waals surface area contributed by atoms with Crippen LogP contribution in [0.1, 0.15) is 26.7 Å². The molecule has 106 valence electrons. The molecule has 1 aromatic carbocycles. The molecule has 2 N–H and O–H groups in total. The molecule has 0 bridgehead atoms. The first-order valence-corrected chi connectivity index (χ1v) is 6.91. The molecule has 0 aliphatic heterocycles. The molecule has 1 unspecified atom stereocenters. The molecule has 4 heteroatoms. The van der Waals surface area contributed by atoms with Crippen LogP contribution in [0, 0.1) is 0 Å². The molecule has 0 aliphatic rings. The fraction of sp³-hybridized carbons (Fsp3) is 0.533. The van der Waals surface area contributed by atoms with Crippen molar-refractivity contribution in [1.29, 1.82) is 0 Å². The second kappa shape index (κ2) is 8.53. The van der Waals surface area contributed by atoms with Crippen LogP contribution in [0.3, 0.4) is 0 Å². The highest BCUT2D eigenvalue weighted by atomic mass is 16.3. The van der Waals surface area contributed by atoms with Crippen LogP contribution in [-0.4, -0.2) is 36.8 Å². The lowest BCUT2D eigenvalue weighted by atomic mass is 10.1. The molecule has 4 nitrogen and oxygen atoms in total. The molecular formula is C15H24N2O2. The van der Waals surface area contributed by atoms with Gasteiger partial charge in [0.25, 0.3) is 0 Å². The number of amides is 1. The molecule has 1 aromatic rings. The topological polar surface area (TPSA) is 52.6 Å². The first-order chi connectivity index (χ1) is 9.21. The Hall–Kier alpha value is -1.55. The zero-order chi connectivity index (χ0) is 14.1. The fourth-order valence-electron chi connectivity index (χ4n) is 2.01. The van der Waals surface area contributed by atoms with Crippen molar-refractivity contribution in [3.63, 3.8) is 0 Å². The molecule has 0 saturated heterocycles. The SMILES string of the molecule is CCC(CCO)NC(=O)CN(CC)c1ccccc1. The Morgan fingerprint density at radius 2 is 2.00 bits per heavy atom. The van der Waals surface area contributed by atoms with Crippen molar-refractivity contribution in [3.8, 4) is 0 Å². The third-order valence-electron chi connectivity index (χ3n) is 3.17. The summed E-state index contributed by atoms with van der Waals surface area (Å²) in [5.41, 5.74) is 1.05. The van der Waals surface area contributed by atoms with Gasteiger partial charge >= 0.3 is 0 Å². The first kappa shape index (κ1) is 15.5. The van der Waals surface area contributed by atoms with Crippen LogP contribution in [0.2, 0.25) is 0 Å². The van der Waals surface area contributed by atoms with E-state index in [2.05, 4.69) is 5.32 Å². The normalized spacial score (nSPS) is 11.9. The predicted molar refractivity (Wildman–Crippen MR) is 78.3 cm³/mol. The number of rotatable bonds is 8. The number of likely N-dealkylation sites (N-methyl/N-ethyl adjacent to an activating group) is 1. The van der Waals surface area contributed by atoms with E-state index in [1.54, 1.807) is 0 Å². The number of aliphatic hydroxyl groups is 1. The van der Waals surface area contributed by atoms with Crippen molar-refractivity contribution in [2.45, 2.75) is 32.7 Å². The molecule has 19 heavy (non-hydrogen) atoms. The average Bonchev–Trinajstić information content (AvgIpc) is 2.45. The molecule has 0 radical (unpaired) electrons. The number of hydrogen-bond donors (Lipinski definition) is 2. The lowest BCUT2D eigenvalue weighted by molar-refractivity contribution is -0.120. The first-order valence-electron chi connectivity index (χ1n) is 6.91. The Morgan fingerprint density at radius 1 is 1.32 bits per heavy atom. The lowest BCUT2D eigenvalue weighted by Crippen LogP contribution is -2.42. The van der Waals surface area contributed by atoms with E-state index in [4.69, 9.17) is 5.11 Å². The van der Waals surface area contributed by atoms with Gasteiger partial charge in [-0.05, 0) is 31.9 Å². The van der Waals surface area contributed by atoms with Gasteiger partial charge in [-0.25, -0.2) is 0 Å². The average molecular weight is 264 g/mol. The van der Waals surface area contributed by atoms with Crippen molar-refractivity contribution in [2.24, 2.45) is 0 Å². The maximum absolute atomic E-state index is 12.0. The molecule has 0 aromatic heterocycles. The zero-order valence-corrected chi connectivity index (χ0v) is 11.8. The quantitative estimate of drug-likeness (QED) is 0.752. The van der Waals surface area contributed by atoms with Crippen LogP contribution >= 0.6 is 0 Å². The molecule has 0 aliphatic carbocycles. The number of nitrogens with zero attached hydrogens (tertiary/aromatic N) is 1. The van der Waals surface area contributed by atoms with E-state index in [9.17, 15) is 4.79 Å². The van der Waals surface area contributed by atoms with Crippen LogP contribution in [0.4, 0.5) is 5.69 Å². The summed E-state index contributed by atoms with van der Waals surface area (Å²) in [6.07, 6.45) is 1.45. The highest BCUT2D eigenvalue weighted by Gasteiger charge is 2.13. The second-order valence-corrected chi connectivity index (χ2v) is 4.53. The van der Waals surface area contributed by atoms with Crippen molar-refractivity contribution in [1.82, 2.24) is 5.32 Å². The number of hydrogen-bond acceptors (Lipinski definition) is 3. The van der Waals surface area contributed by atoms with Crippen molar-refractivity contribution < 1.29 is 9.90 Å². The second-order valence-electron chi connectivity index (χ2n) is 4.53. The third-order valence-corrected chi connectivity index (χ3v) is 3.17. The maximum atomic E-state index is 12.0. The Bertz CT molecular complexity index is 368. The number of carbonyl (C=O) groups excluding carboxylic acids is 1. The highest BCUT2D eigenvalue weighted by molar-refractivity contribution is 5.81. The van der Waals surface area contributed by atoms with Crippen molar-refractivity contribution in [2.75, 3.05) is 24.6 Å². The minimum atomic E-state index is 0.00556. The summed E-state index contributed by atoms with van der Waals surface area (Å²) < 4.78 is 0. The van der Waals surface area contributed by atoms with Gasteiger partial charge in [0.15, 0.2) is 0 Å². The molecule has 0 fully saturated rings. The summed E-state index contributed by atoms with van der Waals surface area (Å²) >= 11 is 0. The molecule has 0 heterocycles. The standard InChI is InChI=1S/C15H24N2O2/c1-3-13(10-11-18)16-15(19)12-17(4-2)14-8-6-5-7-9-14/h5-9,13,18H,3-4,10-12H2,1-2H3,(H,16,19). The molecule has 1 atom stereocenters. The molecular weight excluding hydrogens is 240 g/mol. The number of nitrogens with one attached hydrogen (secondary N) is 1. The minimum absolute atomic E-state index is 0.00556. The summed E-state index contributed by atoms with van der Waals surface area (Å²) in [5.74, 6) is 0.00556. The zero-order valence-electron chi connectivity index (χ0n) is 11.8. The molecule has 0 saturated carbocycles. The van der Waals surface area contributed by atoms with E-state index in [0.29, 0.717) is 13.0 Å². The van der Waals surface area contributed by atoms with Crippen LogP contribution < -0.4 is 10.2 Å². The van der Waals surface area contributed by atoms with E-state index in [-0.39, 0.29) is 18.6 Å². The Labute approximate surface area is 115 Å². The van der Waals surface area contributed by atoms with Gasteiger partial charge in [-0.2, -0.15) is 0 Å². The summed E-state index contributed by atoms with van der Waals surface area (Å²) in [6.45, 7) is 5.28. The Balaban J connectivity index is 2.54. The van der Waals surface area contributed by atoms with Crippen molar-refractivity contribution in [3.05, 3.63) is 30.3 Å². The highest BCUT2D eigenvalue weighted by Crippen LogP contribution is 2.12. The van der Waals surface area contributed by atoms with Gasteiger partial charge in [0, 0.05) is 24.9 Å². The van der Waals surface area contributed by atoms with Crippen LogP contribution in [0.5, 0.6) is 0 Å². The van der Waals surface area contributed by atoms with E-state index in [1.165, 1.54) is 0 Å². The lowest BCUT2D eigenvalue weighted by Gasteiger charge is -2.24. The Morgan fingerprint density at radius 3 is 2.53 bits per heavy atom. The van der Waals surface area contributed by atoms with E-state index in [1.807, 2.05) is 49.1 Å². The maximum Gasteiger partial charge on any atom is 0.239 e. The number of carbonyl (C=O) groups is 1. The van der Waals surface area contributed by atoms with Crippen molar-refractivity contribution >= 4 is 11.6 Å². The largest absolute Gasteiger partial charge is 0.396 e. The van der Waals surface area contributed by atoms with Gasteiger partial charge in [-0.15, -0.1) is 0 Å².